The lowest BCUT2D eigenvalue weighted by Crippen LogP contribution is -2.15. The first-order valence-electron chi connectivity index (χ1n) is 18.2. The van der Waals surface area contributed by atoms with Gasteiger partial charge in [0, 0.05) is 22.5 Å². The highest BCUT2D eigenvalue weighted by Crippen LogP contribution is 2.55. The number of nitrogens with zero attached hydrogens (tertiary/aromatic N) is 1. The Balaban J connectivity index is 1.15. The van der Waals surface area contributed by atoms with Crippen LogP contribution in [0.4, 0.5) is 17.1 Å². The zero-order valence-electron chi connectivity index (χ0n) is 29.3. The lowest BCUT2D eigenvalue weighted by atomic mass is 9.79. The molecule has 0 unspecified atom stereocenters. The van der Waals surface area contributed by atoms with Crippen LogP contribution >= 0.6 is 0 Å². The van der Waals surface area contributed by atoms with Crippen LogP contribution < -0.4 is 4.90 Å². The van der Waals surface area contributed by atoms with Crippen molar-refractivity contribution in [1.82, 2.24) is 0 Å². The van der Waals surface area contributed by atoms with Crippen LogP contribution in [0.15, 0.2) is 188 Å². The third-order valence-electron chi connectivity index (χ3n) is 11.2. The van der Waals surface area contributed by atoms with Gasteiger partial charge in [0.1, 0.15) is 0 Å². The molecule has 52 heavy (non-hydrogen) atoms. The smallest absolute Gasteiger partial charge is 0.0468 e. The second kappa shape index (κ2) is 11.8. The third-order valence-corrected chi connectivity index (χ3v) is 11.2. The van der Waals surface area contributed by atoms with Gasteiger partial charge in [0.05, 0.1) is 0 Å². The fourth-order valence-corrected chi connectivity index (χ4v) is 8.68. The average molecular weight is 664 g/mol. The second-order valence-electron chi connectivity index (χ2n) is 14.6. The van der Waals surface area contributed by atoms with Crippen molar-refractivity contribution < 1.29 is 0 Å². The van der Waals surface area contributed by atoms with E-state index in [4.69, 9.17) is 0 Å². The van der Waals surface area contributed by atoms with Gasteiger partial charge in [0.15, 0.2) is 0 Å². The van der Waals surface area contributed by atoms with Gasteiger partial charge in [-0.25, -0.2) is 0 Å². The summed E-state index contributed by atoms with van der Waals surface area (Å²) in [6, 6.07) is 69.0. The summed E-state index contributed by atoms with van der Waals surface area (Å²) in [6.07, 6.45) is 0. The molecule has 0 amide bonds. The van der Waals surface area contributed by atoms with Crippen LogP contribution in [0.25, 0.3) is 65.7 Å². The van der Waals surface area contributed by atoms with Crippen molar-refractivity contribution in [3.63, 3.8) is 0 Å². The van der Waals surface area contributed by atoms with E-state index in [0.29, 0.717) is 0 Å². The van der Waals surface area contributed by atoms with E-state index >= 15 is 0 Å². The number of hydrogen-bond acceptors (Lipinski definition) is 1. The fraction of sp³-hybridized carbons (Fsp3) is 0.0588. The summed E-state index contributed by atoms with van der Waals surface area (Å²) in [5, 5.41) is 7.73. The van der Waals surface area contributed by atoms with Gasteiger partial charge in [-0.05, 0) is 119 Å². The molecule has 0 aromatic heterocycles. The topological polar surface area (TPSA) is 3.24 Å². The van der Waals surface area contributed by atoms with Crippen LogP contribution in [0, 0.1) is 0 Å². The number of fused-ring (bicyclic) bond motifs is 9. The average Bonchev–Trinajstić information content (AvgIpc) is 3.45. The molecule has 0 N–H and O–H groups in total. The number of anilines is 3. The van der Waals surface area contributed by atoms with Gasteiger partial charge in [0.25, 0.3) is 0 Å². The predicted molar refractivity (Wildman–Crippen MR) is 222 cm³/mol. The molecule has 0 saturated carbocycles. The van der Waals surface area contributed by atoms with Crippen LogP contribution in [0.3, 0.4) is 0 Å². The van der Waals surface area contributed by atoms with Crippen molar-refractivity contribution in [3.05, 3.63) is 199 Å². The highest BCUT2D eigenvalue weighted by atomic mass is 15.1. The van der Waals surface area contributed by atoms with E-state index in [1.165, 1.54) is 76.8 Å². The molecule has 10 rings (SSSR count). The molecule has 9 aromatic rings. The Morgan fingerprint density at radius 2 is 0.923 bits per heavy atom. The maximum Gasteiger partial charge on any atom is 0.0468 e. The molecule has 0 spiro atoms. The Labute approximate surface area is 305 Å². The molecular weight excluding hydrogens is 627 g/mol. The number of hydrogen-bond donors (Lipinski definition) is 0. The van der Waals surface area contributed by atoms with Crippen LogP contribution in [-0.2, 0) is 5.41 Å². The molecule has 0 radical (unpaired) electrons. The quantitative estimate of drug-likeness (QED) is 0.166. The Kier molecular flexibility index (Phi) is 6.91. The van der Waals surface area contributed by atoms with Crippen molar-refractivity contribution in [1.29, 1.82) is 0 Å². The fourth-order valence-electron chi connectivity index (χ4n) is 8.68. The summed E-state index contributed by atoms with van der Waals surface area (Å²) < 4.78 is 0. The van der Waals surface area contributed by atoms with Crippen LogP contribution in [-0.4, -0.2) is 0 Å². The maximum atomic E-state index is 2.42. The zero-order valence-corrected chi connectivity index (χ0v) is 29.3. The van der Waals surface area contributed by atoms with Crippen molar-refractivity contribution >= 4 is 49.4 Å². The molecule has 1 heteroatoms. The summed E-state index contributed by atoms with van der Waals surface area (Å²) in [4.78, 5) is 2.40. The summed E-state index contributed by atoms with van der Waals surface area (Å²) in [5.41, 5.74) is 13.7. The van der Waals surface area contributed by atoms with E-state index in [9.17, 15) is 0 Å². The Bertz CT molecular complexity index is 2790. The molecule has 0 heterocycles. The van der Waals surface area contributed by atoms with Gasteiger partial charge in [-0.1, -0.05) is 159 Å². The van der Waals surface area contributed by atoms with E-state index < -0.39 is 0 Å². The third kappa shape index (κ3) is 4.77. The maximum absolute atomic E-state index is 2.42. The molecular formula is C51H37N. The van der Waals surface area contributed by atoms with Gasteiger partial charge in [-0.15, -0.1) is 0 Å². The first-order valence-corrected chi connectivity index (χ1v) is 18.2. The van der Waals surface area contributed by atoms with Crippen LogP contribution in [0.1, 0.15) is 25.0 Å². The molecule has 246 valence electrons. The summed E-state index contributed by atoms with van der Waals surface area (Å²) in [6.45, 7) is 4.77. The number of benzene rings is 9. The van der Waals surface area contributed by atoms with E-state index in [2.05, 4.69) is 207 Å². The lowest BCUT2D eigenvalue weighted by molar-refractivity contribution is 0.666. The van der Waals surface area contributed by atoms with Crippen molar-refractivity contribution in [3.8, 4) is 33.4 Å². The number of rotatable bonds is 5. The molecule has 0 aliphatic heterocycles. The van der Waals surface area contributed by atoms with E-state index in [-0.39, 0.29) is 5.41 Å². The minimum atomic E-state index is -0.110. The summed E-state index contributed by atoms with van der Waals surface area (Å²) in [5.74, 6) is 0. The Morgan fingerprint density at radius 3 is 1.67 bits per heavy atom. The molecule has 0 bridgehead atoms. The minimum Gasteiger partial charge on any atom is -0.310 e. The molecule has 1 nitrogen and oxygen atoms in total. The van der Waals surface area contributed by atoms with Crippen molar-refractivity contribution in [2.24, 2.45) is 0 Å². The highest BCUT2D eigenvalue weighted by Gasteiger charge is 2.38. The van der Waals surface area contributed by atoms with Gasteiger partial charge >= 0.3 is 0 Å². The Hall–Kier alpha value is -6.44. The molecule has 1 aliphatic carbocycles. The predicted octanol–water partition coefficient (Wildman–Crippen LogP) is 14.3. The van der Waals surface area contributed by atoms with E-state index in [1.54, 1.807) is 0 Å². The standard InChI is InChI=1S/C51H37N/c1-51(2)48-19-11-10-18-46(48)49-44-17-9-8-16-43(44)47-33-42(30-31-45(47)50(49)51)52(40-26-22-36(23-27-40)34-12-4-3-5-13-34)41-28-24-37(25-29-41)39-21-20-35-14-6-7-15-38(35)32-39/h3-33H,1-2H3. The van der Waals surface area contributed by atoms with Crippen molar-refractivity contribution in [2.75, 3.05) is 4.90 Å². The molecule has 1 aliphatic rings. The monoisotopic (exact) mass is 663 g/mol. The molecule has 0 atom stereocenters. The lowest BCUT2D eigenvalue weighted by Gasteiger charge is -2.28. The van der Waals surface area contributed by atoms with Crippen LogP contribution in [0.2, 0.25) is 0 Å². The summed E-state index contributed by atoms with van der Waals surface area (Å²) in [7, 11) is 0. The summed E-state index contributed by atoms with van der Waals surface area (Å²) >= 11 is 0. The molecule has 0 fully saturated rings. The minimum absolute atomic E-state index is 0.110. The SMILES string of the molecule is CC1(C)c2ccccc2-c2c1c1ccc(N(c3ccc(-c4ccccc4)cc3)c3ccc(-c4ccc5ccccc5c4)cc3)cc1c1ccccc21. The molecule has 0 saturated heterocycles. The first kappa shape index (κ1) is 30.4. The molecule has 9 aromatic carbocycles. The highest BCUT2D eigenvalue weighted by molar-refractivity contribution is 6.19. The second-order valence-corrected chi connectivity index (χ2v) is 14.6. The van der Waals surface area contributed by atoms with Crippen LogP contribution in [0.5, 0.6) is 0 Å². The van der Waals surface area contributed by atoms with Gasteiger partial charge in [-0.3, -0.25) is 0 Å². The van der Waals surface area contributed by atoms with Gasteiger partial charge in [0.2, 0.25) is 0 Å². The largest absolute Gasteiger partial charge is 0.310 e. The van der Waals surface area contributed by atoms with E-state index in [0.717, 1.165) is 17.1 Å². The zero-order chi connectivity index (χ0) is 34.8. The Morgan fingerprint density at radius 1 is 0.365 bits per heavy atom. The van der Waals surface area contributed by atoms with Gasteiger partial charge in [-0.2, -0.15) is 0 Å². The normalized spacial score (nSPS) is 13.0. The van der Waals surface area contributed by atoms with Crippen molar-refractivity contribution in [2.45, 2.75) is 19.3 Å². The van der Waals surface area contributed by atoms with Gasteiger partial charge < -0.3 is 4.90 Å². The first-order chi connectivity index (χ1) is 25.5. The van der Waals surface area contributed by atoms with E-state index in [1.807, 2.05) is 0 Å².